The van der Waals surface area contributed by atoms with Crippen molar-refractivity contribution in [2.75, 3.05) is 19.8 Å². The standard InChI is InChI=1S/C23H28N2O3/c1-16-7-8-19(17(2)13-16)20-6-4-3-5-18(20)14-23(9-11-28-12-10-23)22(27)25-15-21(24)26/h3-8,13H,9-12,14-15H2,1-2H3,(H2,24,26)(H,25,27). The molecule has 3 N–H and O–H groups in total. The van der Waals surface area contributed by atoms with Crippen molar-refractivity contribution >= 4 is 11.8 Å². The van der Waals surface area contributed by atoms with Gasteiger partial charge in [-0.25, -0.2) is 0 Å². The largest absolute Gasteiger partial charge is 0.381 e. The summed E-state index contributed by atoms with van der Waals surface area (Å²) in [5, 5.41) is 2.72. The summed E-state index contributed by atoms with van der Waals surface area (Å²) in [5.41, 5.74) is 10.5. The Kier molecular flexibility index (Phi) is 6.15. The molecule has 2 aromatic carbocycles. The molecule has 0 atom stereocenters. The molecule has 2 amide bonds. The van der Waals surface area contributed by atoms with Crippen LogP contribution in [0, 0.1) is 19.3 Å². The van der Waals surface area contributed by atoms with Crippen LogP contribution >= 0.6 is 0 Å². The Morgan fingerprint density at radius 1 is 1.07 bits per heavy atom. The third-order valence-corrected chi connectivity index (χ3v) is 5.57. The van der Waals surface area contributed by atoms with Crippen LogP contribution in [-0.4, -0.2) is 31.6 Å². The third-order valence-electron chi connectivity index (χ3n) is 5.57. The first kappa shape index (κ1) is 20.1. The number of ether oxygens (including phenoxy) is 1. The maximum atomic E-state index is 13.0. The summed E-state index contributed by atoms with van der Waals surface area (Å²) in [7, 11) is 0. The van der Waals surface area contributed by atoms with Crippen molar-refractivity contribution < 1.29 is 14.3 Å². The third kappa shape index (κ3) is 4.42. The van der Waals surface area contributed by atoms with Gasteiger partial charge in [0.25, 0.3) is 0 Å². The molecule has 0 radical (unpaired) electrons. The number of rotatable bonds is 6. The Hall–Kier alpha value is -2.66. The van der Waals surface area contributed by atoms with Crippen molar-refractivity contribution in [1.29, 1.82) is 0 Å². The molecule has 28 heavy (non-hydrogen) atoms. The van der Waals surface area contributed by atoms with Gasteiger partial charge in [-0.2, -0.15) is 0 Å². The van der Waals surface area contributed by atoms with Crippen molar-refractivity contribution in [3.8, 4) is 11.1 Å². The first-order chi connectivity index (χ1) is 13.4. The van der Waals surface area contributed by atoms with Gasteiger partial charge in [-0.15, -0.1) is 0 Å². The molecule has 2 aromatic rings. The Labute approximate surface area is 166 Å². The normalized spacial score (nSPS) is 15.8. The average molecular weight is 380 g/mol. The second kappa shape index (κ2) is 8.57. The molecule has 5 nitrogen and oxygen atoms in total. The Morgan fingerprint density at radius 2 is 1.79 bits per heavy atom. The maximum Gasteiger partial charge on any atom is 0.236 e. The zero-order valence-corrected chi connectivity index (χ0v) is 16.6. The number of primary amides is 1. The minimum absolute atomic E-state index is 0.120. The Balaban J connectivity index is 1.95. The number of carbonyl (C=O) groups is 2. The molecule has 1 heterocycles. The lowest BCUT2D eigenvalue weighted by Crippen LogP contribution is -2.48. The number of aryl methyl sites for hydroxylation is 2. The number of nitrogens with one attached hydrogen (secondary N) is 1. The van der Waals surface area contributed by atoms with E-state index in [9.17, 15) is 9.59 Å². The molecule has 148 valence electrons. The summed E-state index contributed by atoms with van der Waals surface area (Å²) in [6.07, 6.45) is 1.85. The summed E-state index contributed by atoms with van der Waals surface area (Å²) in [5.74, 6) is -0.656. The lowest BCUT2D eigenvalue weighted by molar-refractivity contribution is -0.137. The van der Waals surface area contributed by atoms with Gasteiger partial charge in [-0.05, 0) is 55.4 Å². The van der Waals surface area contributed by atoms with Gasteiger partial charge in [0.15, 0.2) is 0 Å². The molecule has 1 fully saturated rings. The van der Waals surface area contributed by atoms with Gasteiger partial charge in [0.05, 0.1) is 12.0 Å². The minimum Gasteiger partial charge on any atom is -0.381 e. The highest BCUT2D eigenvalue weighted by molar-refractivity contribution is 5.88. The maximum absolute atomic E-state index is 13.0. The zero-order valence-electron chi connectivity index (χ0n) is 16.6. The summed E-state index contributed by atoms with van der Waals surface area (Å²) in [6, 6.07) is 14.7. The van der Waals surface area contributed by atoms with Crippen LogP contribution < -0.4 is 11.1 Å². The molecule has 0 spiro atoms. The predicted octanol–water partition coefficient (Wildman–Crippen LogP) is 2.91. The molecule has 3 rings (SSSR count). The van der Waals surface area contributed by atoms with Crippen molar-refractivity contribution in [2.45, 2.75) is 33.1 Å². The first-order valence-electron chi connectivity index (χ1n) is 9.71. The van der Waals surface area contributed by atoms with E-state index < -0.39 is 11.3 Å². The highest BCUT2D eigenvalue weighted by atomic mass is 16.5. The van der Waals surface area contributed by atoms with Gasteiger partial charge in [-0.1, -0.05) is 48.0 Å². The van der Waals surface area contributed by atoms with E-state index in [1.807, 2.05) is 12.1 Å². The van der Waals surface area contributed by atoms with E-state index >= 15 is 0 Å². The second-order valence-corrected chi connectivity index (χ2v) is 7.69. The second-order valence-electron chi connectivity index (χ2n) is 7.69. The van der Waals surface area contributed by atoms with Crippen LogP contribution in [0.2, 0.25) is 0 Å². The molecule has 0 aliphatic carbocycles. The minimum atomic E-state index is -0.595. The molecule has 0 aromatic heterocycles. The molecule has 1 saturated heterocycles. The van der Waals surface area contributed by atoms with Gasteiger partial charge in [0.2, 0.25) is 11.8 Å². The summed E-state index contributed by atoms with van der Waals surface area (Å²) in [4.78, 5) is 24.1. The van der Waals surface area contributed by atoms with E-state index in [2.05, 4.69) is 49.5 Å². The number of carbonyl (C=O) groups excluding carboxylic acids is 2. The van der Waals surface area contributed by atoms with Crippen molar-refractivity contribution in [3.05, 3.63) is 59.2 Å². The van der Waals surface area contributed by atoms with Crippen molar-refractivity contribution in [2.24, 2.45) is 11.1 Å². The number of hydrogen-bond acceptors (Lipinski definition) is 3. The van der Waals surface area contributed by atoms with Gasteiger partial charge < -0.3 is 15.8 Å². The molecule has 0 bridgehead atoms. The number of hydrogen-bond donors (Lipinski definition) is 2. The van der Waals surface area contributed by atoms with Crippen LogP contribution in [-0.2, 0) is 20.7 Å². The van der Waals surface area contributed by atoms with Crippen LogP contribution in [0.5, 0.6) is 0 Å². The summed E-state index contributed by atoms with van der Waals surface area (Å²) in [6.45, 7) is 5.14. The monoisotopic (exact) mass is 380 g/mol. The predicted molar refractivity (Wildman–Crippen MR) is 110 cm³/mol. The topological polar surface area (TPSA) is 81.4 Å². The molecular formula is C23H28N2O3. The van der Waals surface area contributed by atoms with E-state index in [1.54, 1.807) is 0 Å². The number of amides is 2. The van der Waals surface area contributed by atoms with Crippen molar-refractivity contribution in [3.63, 3.8) is 0 Å². The number of nitrogens with two attached hydrogens (primary N) is 1. The van der Waals surface area contributed by atoms with E-state index in [0.717, 1.165) is 11.1 Å². The van der Waals surface area contributed by atoms with Gasteiger partial charge in [0.1, 0.15) is 0 Å². The van der Waals surface area contributed by atoms with Gasteiger partial charge in [-0.3, -0.25) is 9.59 Å². The summed E-state index contributed by atoms with van der Waals surface area (Å²) >= 11 is 0. The molecule has 0 saturated carbocycles. The zero-order chi connectivity index (χ0) is 20.1. The fourth-order valence-corrected chi connectivity index (χ4v) is 4.02. The van der Waals surface area contributed by atoms with E-state index in [4.69, 9.17) is 10.5 Å². The quantitative estimate of drug-likeness (QED) is 0.808. The smallest absolute Gasteiger partial charge is 0.236 e. The Morgan fingerprint density at radius 3 is 2.46 bits per heavy atom. The summed E-state index contributed by atoms with van der Waals surface area (Å²) < 4.78 is 5.51. The van der Waals surface area contributed by atoms with E-state index in [-0.39, 0.29) is 12.5 Å². The van der Waals surface area contributed by atoms with Crippen LogP contribution in [0.25, 0.3) is 11.1 Å². The molecule has 1 aliphatic rings. The molecule has 0 unspecified atom stereocenters. The lowest BCUT2D eigenvalue weighted by Gasteiger charge is -2.36. The SMILES string of the molecule is Cc1ccc(-c2ccccc2CC2(C(=O)NCC(N)=O)CCOCC2)c(C)c1. The van der Waals surface area contributed by atoms with Gasteiger partial charge >= 0.3 is 0 Å². The van der Waals surface area contributed by atoms with Crippen LogP contribution in [0.1, 0.15) is 29.5 Å². The van der Waals surface area contributed by atoms with Crippen LogP contribution in [0.15, 0.2) is 42.5 Å². The van der Waals surface area contributed by atoms with Gasteiger partial charge in [0, 0.05) is 13.2 Å². The molecule has 1 aliphatic heterocycles. The number of benzene rings is 2. The van der Waals surface area contributed by atoms with E-state index in [1.165, 1.54) is 16.7 Å². The fraction of sp³-hybridized carbons (Fsp3) is 0.391. The van der Waals surface area contributed by atoms with E-state index in [0.29, 0.717) is 32.5 Å². The fourth-order valence-electron chi connectivity index (χ4n) is 4.02. The molecular weight excluding hydrogens is 352 g/mol. The Bertz CT molecular complexity index is 870. The highest BCUT2D eigenvalue weighted by Gasteiger charge is 2.40. The first-order valence-corrected chi connectivity index (χ1v) is 9.71. The van der Waals surface area contributed by atoms with Crippen molar-refractivity contribution in [1.82, 2.24) is 5.32 Å². The highest BCUT2D eigenvalue weighted by Crippen LogP contribution is 2.38. The molecule has 5 heteroatoms. The van der Waals surface area contributed by atoms with Crippen LogP contribution in [0.3, 0.4) is 0 Å². The average Bonchev–Trinajstić information content (AvgIpc) is 2.67. The lowest BCUT2D eigenvalue weighted by atomic mass is 9.73. The van der Waals surface area contributed by atoms with Crippen LogP contribution in [0.4, 0.5) is 0 Å².